The van der Waals surface area contributed by atoms with Crippen LogP contribution in [0.5, 0.6) is 0 Å². The number of para-hydroxylation sites is 1. The first-order valence-corrected chi connectivity index (χ1v) is 17.0. The van der Waals surface area contributed by atoms with Crippen LogP contribution in [-0.4, -0.2) is 32.8 Å². The molecule has 0 aliphatic heterocycles. The van der Waals surface area contributed by atoms with Crippen LogP contribution >= 0.6 is 46.2 Å². The highest BCUT2D eigenvalue weighted by Gasteiger charge is 2.17. The van der Waals surface area contributed by atoms with Crippen molar-refractivity contribution in [3.63, 3.8) is 0 Å². The molecule has 0 aliphatic carbocycles. The summed E-state index contributed by atoms with van der Waals surface area (Å²) in [5, 5.41) is 14.8. The predicted octanol–water partition coefficient (Wildman–Crippen LogP) is 9.57. The number of aliphatic imine (C=N–C) groups is 1. The van der Waals surface area contributed by atoms with E-state index < -0.39 is 0 Å². The first-order chi connectivity index (χ1) is 21.3. The molecule has 44 heavy (non-hydrogen) atoms. The van der Waals surface area contributed by atoms with Gasteiger partial charge in [0.25, 0.3) is 5.69 Å². The molecule has 0 saturated heterocycles. The lowest BCUT2D eigenvalue weighted by molar-refractivity contribution is -0.387. The van der Waals surface area contributed by atoms with Crippen molar-refractivity contribution in [2.24, 2.45) is 4.99 Å². The van der Waals surface area contributed by atoms with Crippen molar-refractivity contribution in [2.75, 3.05) is 11.1 Å². The maximum Gasteiger partial charge on any atom is 0.283 e. The number of rotatable bonds is 10. The average molecular weight is 656 g/mol. The van der Waals surface area contributed by atoms with Crippen LogP contribution in [0, 0.1) is 10.1 Å². The number of carbonyl (C=O) groups is 1. The molecule has 6 aromatic rings. The molecule has 0 radical (unpaired) electrons. The zero-order valence-electron chi connectivity index (χ0n) is 23.6. The number of hydrogen-bond donors (Lipinski definition) is 1. The summed E-state index contributed by atoms with van der Waals surface area (Å²) >= 11 is 5.69. The number of carbonyl (C=O) groups excluding carboxylic acids is 1. The molecule has 0 spiro atoms. The molecule has 8 nitrogen and oxygen atoms in total. The predicted molar refractivity (Wildman–Crippen MR) is 184 cm³/mol. The van der Waals surface area contributed by atoms with E-state index in [4.69, 9.17) is 0 Å². The second-order valence-electron chi connectivity index (χ2n) is 10.0. The molecule has 0 saturated carbocycles. The second kappa shape index (κ2) is 13.3. The molecule has 1 amide bonds. The lowest BCUT2D eigenvalue weighted by atomic mass is 10.0. The summed E-state index contributed by atoms with van der Waals surface area (Å²) in [4.78, 5) is 38.3. The minimum atomic E-state index is -0.377. The van der Waals surface area contributed by atoms with E-state index in [0.717, 1.165) is 34.8 Å². The van der Waals surface area contributed by atoms with Crippen molar-refractivity contribution < 1.29 is 9.72 Å². The Morgan fingerprint density at radius 2 is 1.70 bits per heavy atom. The van der Waals surface area contributed by atoms with Gasteiger partial charge in [0.15, 0.2) is 8.68 Å². The summed E-state index contributed by atoms with van der Waals surface area (Å²) in [7, 11) is 0. The van der Waals surface area contributed by atoms with E-state index in [1.807, 2.05) is 72.8 Å². The summed E-state index contributed by atoms with van der Waals surface area (Å²) in [5.41, 5.74) is 5.04. The highest BCUT2D eigenvalue weighted by molar-refractivity contribution is 8.01. The Morgan fingerprint density at radius 3 is 2.48 bits per heavy atom. The highest BCUT2D eigenvalue weighted by Crippen LogP contribution is 2.39. The highest BCUT2D eigenvalue weighted by atomic mass is 32.2. The fourth-order valence-electron chi connectivity index (χ4n) is 4.29. The third-order valence-electron chi connectivity index (χ3n) is 6.55. The lowest BCUT2D eigenvalue weighted by Gasteiger charge is -2.08. The van der Waals surface area contributed by atoms with Gasteiger partial charge in [0.2, 0.25) is 5.91 Å². The minimum Gasteiger partial charge on any atom is -0.325 e. The Labute approximate surface area is 269 Å². The van der Waals surface area contributed by atoms with Gasteiger partial charge in [-0.25, -0.2) is 9.97 Å². The van der Waals surface area contributed by atoms with Gasteiger partial charge in [-0.3, -0.25) is 19.9 Å². The number of thiazole rings is 2. The van der Waals surface area contributed by atoms with Gasteiger partial charge in [0.05, 0.1) is 41.7 Å². The van der Waals surface area contributed by atoms with Gasteiger partial charge in [-0.05, 0) is 65.6 Å². The van der Waals surface area contributed by atoms with Gasteiger partial charge < -0.3 is 5.32 Å². The minimum absolute atomic E-state index is 0.00870. The van der Waals surface area contributed by atoms with E-state index in [1.165, 1.54) is 57.8 Å². The number of nitro groups is 1. The van der Waals surface area contributed by atoms with Crippen LogP contribution in [0.2, 0.25) is 0 Å². The summed E-state index contributed by atoms with van der Waals surface area (Å²) in [6, 6.07) is 26.5. The van der Waals surface area contributed by atoms with Crippen molar-refractivity contribution in [1.82, 2.24) is 9.97 Å². The Bertz CT molecular complexity index is 1990. The summed E-state index contributed by atoms with van der Waals surface area (Å²) < 4.78 is 3.53. The van der Waals surface area contributed by atoms with Crippen LogP contribution in [-0.2, 0) is 4.79 Å². The molecule has 6 rings (SSSR count). The zero-order chi connectivity index (χ0) is 30.6. The molecule has 4 aromatic carbocycles. The molecule has 0 atom stereocenters. The van der Waals surface area contributed by atoms with Gasteiger partial charge in [0.1, 0.15) is 0 Å². The van der Waals surface area contributed by atoms with Gasteiger partial charge >= 0.3 is 0 Å². The van der Waals surface area contributed by atoms with Crippen LogP contribution in [0.25, 0.3) is 20.4 Å². The summed E-state index contributed by atoms with van der Waals surface area (Å²) in [6.07, 6.45) is 1.62. The fraction of sp³-hybridized carbons (Fsp3) is 0.125. The first kappa shape index (κ1) is 29.9. The maximum atomic E-state index is 12.5. The molecule has 0 unspecified atom stereocenters. The number of nitro benzene ring substituents is 1. The van der Waals surface area contributed by atoms with Gasteiger partial charge in [0, 0.05) is 18.0 Å². The van der Waals surface area contributed by atoms with Crippen molar-refractivity contribution >= 4 is 95.8 Å². The molecule has 0 fully saturated rings. The molecule has 0 aliphatic rings. The summed E-state index contributed by atoms with van der Waals surface area (Å²) in [6.45, 7) is 4.27. The van der Waals surface area contributed by atoms with Crippen LogP contribution in [0.1, 0.15) is 30.9 Å². The topological polar surface area (TPSA) is 110 Å². The first-order valence-electron chi connectivity index (χ1n) is 13.6. The van der Waals surface area contributed by atoms with Crippen molar-refractivity contribution in [1.29, 1.82) is 0 Å². The fourth-order valence-corrected chi connectivity index (χ4v) is 8.30. The number of anilines is 1. The SMILES string of the molecule is CC(C)c1ccc(NC(=O)CSc2nc3ccc(N=Cc4ccc(Sc5nc6ccccc6s5)c([N+](=O)[O-])c4)cc3s2)cc1. The van der Waals surface area contributed by atoms with Crippen LogP contribution in [0.4, 0.5) is 17.1 Å². The van der Waals surface area contributed by atoms with E-state index in [9.17, 15) is 14.9 Å². The van der Waals surface area contributed by atoms with Crippen molar-refractivity contribution in [3.05, 3.63) is 106 Å². The standard InChI is InChI=1S/C32H25N5O3S4/c1-19(2)21-8-10-22(11-9-21)34-30(38)18-41-31-35-25-13-12-23(16-29(25)44-31)33-17-20-7-14-28(26(15-20)37(39)40)43-32-36-24-5-3-4-6-27(24)42-32/h3-17,19H,18H2,1-2H3,(H,34,38). The van der Waals surface area contributed by atoms with Gasteiger partial charge in [-0.15, -0.1) is 22.7 Å². The van der Waals surface area contributed by atoms with Gasteiger partial charge in [-0.2, -0.15) is 0 Å². The Kier molecular flexibility index (Phi) is 9.03. The quantitative estimate of drug-likeness (QED) is 0.0677. The van der Waals surface area contributed by atoms with E-state index in [-0.39, 0.29) is 22.3 Å². The maximum absolute atomic E-state index is 12.5. The number of amides is 1. The normalized spacial score (nSPS) is 11.6. The van der Waals surface area contributed by atoms with E-state index in [2.05, 4.69) is 34.1 Å². The second-order valence-corrected chi connectivity index (χ2v) is 14.6. The van der Waals surface area contributed by atoms with Gasteiger partial charge in [-0.1, -0.05) is 67.7 Å². The van der Waals surface area contributed by atoms with E-state index in [0.29, 0.717) is 22.1 Å². The lowest BCUT2D eigenvalue weighted by Crippen LogP contribution is -2.13. The van der Waals surface area contributed by atoms with E-state index in [1.54, 1.807) is 12.3 Å². The Hall–Kier alpha value is -4.10. The monoisotopic (exact) mass is 655 g/mol. The summed E-state index contributed by atoms with van der Waals surface area (Å²) in [5.74, 6) is 0.604. The molecule has 2 aromatic heterocycles. The molecule has 12 heteroatoms. The molecule has 2 heterocycles. The number of nitrogens with zero attached hydrogens (tertiary/aromatic N) is 4. The zero-order valence-corrected chi connectivity index (χ0v) is 26.9. The van der Waals surface area contributed by atoms with Crippen molar-refractivity contribution in [3.8, 4) is 0 Å². The van der Waals surface area contributed by atoms with Crippen LogP contribution < -0.4 is 5.32 Å². The van der Waals surface area contributed by atoms with Crippen LogP contribution in [0.3, 0.4) is 0 Å². The number of aromatic nitrogens is 2. The Balaban J connectivity index is 1.10. The number of fused-ring (bicyclic) bond motifs is 2. The molecular weight excluding hydrogens is 631 g/mol. The number of thioether (sulfide) groups is 1. The third-order valence-corrected chi connectivity index (χ3v) is 10.9. The average Bonchev–Trinajstić information content (AvgIpc) is 3.62. The molecular formula is C32H25N5O3S4. The molecule has 220 valence electrons. The molecule has 0 bridgehead atoms. The third kappa shape index (κ3) is 7.16. The van der Waals surface area contributed by atoms with E-state index >= 15 is 0 Å². The number of hydrogen-bond acceptors (Lipinski definition) is 10. The largest absolute Gasteiger partial charge is 0.325 e. The molecule has 1 N–H and O–H groups in total. The smallest absolute Gasteiger partial charge is 0.283 e. The van der Waals surface area contributed by atoms with Crippen LogP contribution in [0.15, 0.2) is 103 Å². The number of benzene rings is 4. The van der Waals surface area contributed by atoms with Crippen molar-refractivity contribution in [2.45, 2.75) is 33.3 Å². The number of nitrogens with one attached hydrogen (secondary N) is 1. The Morgan fingerprint density at radius 1 is 0.955 bits per heavy atom.